The zero-order valence-electron chi connectivity index (χ0n) is 10.0. The molecule has 0 atom stereocenters. The molecule has 6 heteroatoms. The number of carboxylic acids is 2. The molecule has 0 saturated heterocycles. The van der Waals surface area contributed by atoms with Crippen LogP contribution >= 0.6 is 0 Å². The minimum Gasteiger partial charge on any atom is -1.00 e. The minimum atomic E-state index is -1.23. The molecule has 0 bridgehead atoms. The Morgan fingerprint density at radius 3 is 1.50 bits per heavy atom. The molecule has 1 aromatic carbocycles. The number of hydrogen-bond acceptors (Lipinski definition) is 2. The first-order valence-corrected chi connectivity index (χ1v) is 3.18. The van der Waals surface area contributed by atoms with Crippen LogP contribution in [0.1, 0.15) is 23.6 Å². The number of carboxylic acid groups (broad SMARTS) is 2. The standard InChI is InChI=1S/C8H6O4.K.Na.2H/c9-7(10)5-3-1-2-4-6(5)8(11)12;;;;/h1-4H,(H,9,10)(H,11,12);;;;/q;2*+1;2*-1. The Balaban J connectivity index is -0.000000180. The summed E-state index contributed by atoms with van der Waals surface area (Å²) < 4.78 is 0. The van der Waals surface area contributed by atoms with Gasteiger partial charge in [-0.1, -0.05) is 12.1 Å². The summed E-state index contributed by atoms with van der Waals surface area (Å²) in [4.78, 5) is 20.9. The number of benzene rings is 1. The Morgan fingerprint density at radius 1 is 1.00 bits per heavy atom. The van der Waals surface area contributed by atoms with Gasteiger partial charge in [0.1, 0.15) is 0 Å². The van der Waals surface area contributed by atoms with E-state index in [1.807, 2.05) is 0 Å². The van der Waals surface area contributed by atoms with Crippen molar-refractivity contribution >= 4 is 11.9 Å². The molecule has 0 aliphatic heterocycles. The Hall–Kier alpha value is 0.796. The van der Waals surface area contributed by atoms with Gasteiger partial charge >= 0.3 is 92.9 Å². The van der Waals surface area contributed by atoms with Crippen molar-refractivity contribution in [2.45, 2.75) is 0 Å². The van der Waals surface area contributed by atoms with Crippen LogP contribution in [-0.4, -0.2) is 22.2 Å². The largest absolute Gasteiger partial charge is 1.00 e. The summed E-state index contributed by atoms with van der Waals surface area (Å²) >= 11 is 0. The average molecular weight is 230 g/mol. The second kappa shape index (κ2) is 8.01. The molecule has 14 heavy (non-hydrogen) atoms. The maximum Gasteiger partial charge on any atom is 1.00 e. The van der Waals surface area contributed by atoms with Crippen LogP contribution in [-0.2, 0) is 0 Å². The Morgan fingerprint density at radius 2 is 1.29 bits per heavy atom. The quantitative estimate of drug-likeness (QED) is 0.501. The third kappa shape index (κ3) is 4.54. The van der Waals surface area contributed by atoms with E-state index in [1.165, 1.54) is 24.3 Å². The summed E-state index contributed by atoms with van der Waals surface area (Å²) in [5.41, 5.74) is -0.380. The van der Waals surface area contributed by atoms with Crippen LogP contribution in [0.2, 0.25) is 0 Å². The normalized spacial score (nSPS) is 8.00. The summed E-state index contributed by atoms with van der Waals surface area (Å²) in [6.45, 7) is 0. The predicted octanol–water partition coefficient (Wildman–Crippen LogP) is -4.68. The van der Waals surface area contributed by atoms with Gasteiger partial charge in [-0.25, -0.2) is 9.59 Å². The van der Waals surface area contributed by atoms with E-state index in [2.05, 4.69) is 0 Å². The molecule has 4 nitrogen and oxygen atoms in total. The summed E-state index contributed by atoms with van der Waals surface area (Å²) in [6, 6.07) is 5.48. The van der Waals surface area contributed by atoms with Crippen molar-refractivity contribution in [3.8, 4) is 0 Å². The summed E-state index contributed by atoms with van der Waals surface area (Å²) in [5.74, 6) is -2.46. The smallest absolute Gasteiger partial charge is 1.00 e. The van der Waals surface area contributed by atoms with Crippen LogP contribution in [0.25, 0.3) is 0 Å². The van der Waals surface area contributed by atoms with Gasteiger partial charge in [0.25, 0.3) is 0 Å². The maximum absolute atomic E-state index is 10.5. The molecule has 0 aliphatic rings. The third-order valence-electron chi connectivity index (χ3n) is 1.39. The fraction of sp³-hybridized carbons (Fsp3) is 0. The number of aromatic carboxylic acids is 2. The SMILES string of the molecule is O=C(O)c1ccccc1C(=O)O.[H-].[H-].[K+].[Na+]. The van der Waals surface area contributed by atoms with Crippen LogP contribution in [0.15, 0.2) is 24.3 Å². The predicted molar refractivity (Wildman–Crippen MR) is 42.6 cm³/mol. The monoisotopic (exact) mass is 230 g/mol. The molecular formula is C8H8KNaO4. The van der Waals surface area contributed by atoms with Crippen molar-refractivity contribution in [3.05, 3.63) is 35.4 Å². The van der Waals surface area contributed by atoms with Crippen molar-refractivity contribution in [1.29, 1.82) is 0 Å². The van der Waals surface area contributed by atoms with Gasteiger partial charge in [0.05, 0.1) is 11.1 Å². The van der Waals surface area contributed by atoms with Gasteiger partial charge in [0.2, 0.25) is 0 Å². The molecular weight excluding hydrogens is 222 g/mol. The van der Waals surface area contributed by atoms with Gasteiger partial charge in [-0.3, -0.25) is 0 Å². The molecule has 0 unspecified atom stereocenters. The van der Waals surface area contributed by atoms with Gasteiger partial charge in [-0.2, -0.15) is 0 Å². The Kier molecular flexibility index (Phi) is 9.84. The van der Waals surface area contributed by atoms with Crippen LogP contribution < -0.4 is 80.9 Å². The molecule has 66 valence electrons. The molecule has 0 aliphatic carbocycles. The molecule has 0 amide bonds. The van der Waals surface area contributed by atoms with Crippen molar-refractivity contribution in [2.24, 2.45) is 0 Å². The van der Waals surface area contributed by atoms with Crippen molar-refractivity contribution in [3.63, 3.8) is 0 Å². The average Bonchev–Trinajstić information content (AvgIpc) is 2.04. The van der Waals surface area contributed by atoms with E-state index < -0.39 is 11.9 Å². The second-order valence-electron chi connectivity index (χ2n) is 2.16. The second-order valence-corrected chi connectivity index (χ2v) is 2.16. The number of rotatable bonds is 2. The third-order valence-corrected chi connectivity index (χ3v) is 1.39. The molecule has 0 heterocycles. The van der Waals surface area contributed by atoms with Gasteiger partial charge in [0.15, 0.2) is 0 Å². The zero-order valence-corrected chi connectivity index (χ0v) is 13.1. The van der Waals surface area contributed by atoms with Gasteiger partial charge in [-0.15, -0.1) is 0 Å². The molecule has 0 aromatic heterocycles. The van der Waals surface area contributed by atoms with E-state index in [4.69, 9.17) is 10.2 Å². The first-order valence-electron chi connectivity index (χ1n) is 3.18. The van der Waals surface area contributed by atoms with Crippen LogP contribution in [0, 0.1) is 0 Å². The van der Waals surface area contributed by atoms with Gasteiger partial charge < -0.3 is 13.1 Å². The summed E-state index contributed by atoms with van der Waals surface area (Å²) in [5, 5.41) is 17.1. The number of carbonyl (C=O) groups is 2. The maximum atomic E-state index is 10.5. The molecule has 1 aromatic rings. The van der Waals surface area contributed by atoms with Crippen LogP contribution in [0.4, 0.5) is 0 Å². The minimum absolute atomic E-state index is 0. The van der Waals surface area contributed by atoms with Gasteiger partial charge in [-0.05, 0) is 12.1 Å². The molecule has 2 N–H and O–H groups in total. The van der Waals surface area contributed by atoms with Gasteiger partial charge in [0, 0.05) is 0 Å². The van der Waals surface area contributed by atoms with E-state index >= 15 is 0 Å². The van der Waals surface area contributed by atoms with Crippen LogP contribution in [0.5, 0.6) is 0 Å². The molecule has 0 fully saturated rings. The first kappa shape index (κ1) is 17.2. The zero-order chi connectivity index (χ0) is 9.14. The first-order chi connectivity index (χ1) is 5.63. The van der Waals surface area contributed by atoms with E-state index in [0.717, 1.165) is 0 Å². The Labute approximate surface area is 148 Å². The van der Waals surface area contributed by atoms with Crippen molar-refractivity contribution in [2.75, 3.05) is 0 Å². The van der Waals surface area contributed by atoms with Crippen LogP contribution in [0.3, 0.4) is 0 Å². The fourth-order valence-electron chi connectivity index (χ4n) is 0.856. The summed E-state index contributed by atoms with van der Waals surface area (Å²) in [7, 11) is 0. The molecule has 0 radical (unpaired) electrons. The topological polar surface area (TPSA) is 74.6 Å². The van der Waals surface area contributed by atoms with Crippen molar-refractivity contribution < 1.29 is 104 Å². The fourth-order valence-corrected chi connectivity index (χ4v) is 0.856. The Bertz CT molecular complexity index is 316. The molecule has 1 rings (SSSR count). The summed E-state index contributed by atoms with van der Waals surface area (Å²) in [6.07, 6.45) is 0. The van der Waals surface area contributed by atoms with E-state index in [9.17, 15) is 9.59 Å². The van der Waals surface area contributed by atoms with Crippen molar-refractivity contribution in [1.82, 2.24) is 0 Å². The number of hydrogen-bond donors (Lipinski definition) is 2. The molecule has 0 spiro atoms. The molecule has 0 saturated carbocycles. The van der Waals surface area contributed by atoms with E-state index in [1.54, 1.807) is 0 Å². The van der Waals surface area contributed by atoms with E-state index in [-0.39, 0.29) is 94.9 Å². The van der Waals surface area contributed by atoms with E-state index in [0.29, 0.717) is 0 Å².